The molecule has 0 aliphatic carbocycles. The predicted octanol–water partition coefficient (Wildman–Crippen LogP) is 5.18. The summed E-state index contributed by atoms with van der Waals surface area (Å²) in [5, 5.41) is 5.89. The Morgan fingerprint density at radius 3 is 2.60 bits per heavy atom. The standard InChI is InChI=1S/C24H19F3N6O2/c1-15-4-6-18(31-22(34)17-5-7-21(30-13-17)35-14-24(25,26)27)11-20(15)33-23-29-10-8-19(32-23)16-3-2-9-28-12-16/h2-13H,14H2,1H3,(H,31,34)(H,29,32,33). The highest BCUT2D eigenvalue weighted by atomic mass is 19.4. The summed E-state index contributed by atoms with van der Waals surface area (Å²) >= 11 is 0. The zero-order valence-corrected chi connectivity index (χ0v) is 18.4. The SMILES string of the molecule is Cc1ccc(NC(=O)c2ccc(OCC(F)(F)F)nc2)cc1Nc1nccc(-c2cccnc2)n1. The molecule has 0 unspecified atom stereocenters. The first-order chi connectivity index (χ1) is 16.8. The third-order valence-electron chi connectivity index (χ3n) is 4.74. The molecule has 4 rings (SSSR count). The lowest BCUT2D eigenvalue weighted by molar-refractivity contribution is -0.154. The summed E-state index contributed by atoms with van der Waals surface area (Å²) in [5.41, 5.74) is 3.77. The Kier molecular flexibility index (Phi) is 6.86. The molecule has 35 heavy (non-hydrogen) atoms. The fraction of sp³-hybridized carbons (Fsp3) is 0.125. The van der Waals surface area contributed by atoms with Crippen molar-refractivity contribution in [3.8, 4) is 17.1 Å². The van der Waals surface area contributed by atoms with E-state index in [0.29, 0.717) is 23.0 Å². The number of nitrogens with one attached hydrogen (secondary N) is 2. The van der Waals surface area contributed by atoms with Crippen LogP contribution in [0.4, 0.5) is 30.5 Å². The first kappa shape index (κ1) is 23.6. The summed E-state index contributed by atoms with van der Waals surface area (Å²) in [7, 11) is 0. The van der Waals surface area contributed by atoms with Gasteiger partial charge in [0.2, 0.25) is 11.8 Å². The number of ether oxygens (including phenoxy) is 1. The van der Waals surface area contributed by atoms with Crippen LogP contribution in [0.15, 0.2) is 73.3 Å². The van der Waals surface area contributed by atoms with Crippen molar-refractivity contribution in [1.29, 1.82) is 0 Å². The molecule has 0 radical (unpaired) electrons. The zero-order valence-electron chi connectivity index (χ0n) is 18.4. The highest BCUT2D eigenvalue weighted by molar-refractivity contribution is 6.04. The summed E-state index contributed by atoms with van der Waals surface area (Å²) in [6.45, 7) is 0.433. The summed E-state index contributed by atoms with van der Waals surface area (Å²) in [4.78, 5) is 29.2. The number of hydrogen-bond donors (Lipinski definition) is 2. The second-order valence-corrected chi connectivity index (χ2v) is 7.40. The van der Waals surface area contributed by atoms with E-state index in [9.17, 15) is 18.0 Å². The van der Waals surface area contributed by atoms with Crippen molar-refractivity contribution in [2.75, 3.05) is 17.2 Å². The van der Waals surface area contributed by atoms with E-state index in [1.165, 1.54) is 12.1 Å². The van der Waals surface area contributed by atoms with Crippen molar-refractivity contribution >= 4 is 23.2 Å². The third kappa shape index (κ3) is 6.50. The first-order valence-electron chi connectivity index (χ1n) is 10.3. The van der Waals surface area contributed by atoms with Crippen molar-refractivity contribution in [2.24, 2.45) is 0 Å². The maximum absolute atomic E-state index is 12.6. The van der Waals surface area contributed by atoms with Crippen molar-refractivity contribution in [2.45, 2.75) is 13.1 Å². The molecule has 0 bridgehead atoms. The fourth-order valence-corrected chi connectivity index (χ4v) is 3.01. The molecule has 3 aromatic heterocycles. The van der Waals surface area contributed by atoms with E-state index in [0.717, 1.165) is 17.3 Å². The third-order valence-corrected chi connectivity index (χ3v) is 4.74. The van der Waals surface area contributed by atoms with Crippen molar-refractivity contribution in [1.82, 2.24) is 19.9 Å². The van der Waals surface area contributed by atoms with Gasteiger partial charge in [0.25, 0.3) is 5.91 Å². The number of aryl methyl sites for hydroxylation is 1. The Balaban J connectivity index is 1.45. The molecular weight excluding hydrogens is 461 g/mol. The molecule has 0 fully saturated rings. The maximum atomic E-state index is 12.6. The molecule has 11 heteroatoms. The average molecular weight is 480 g/mol. The van der Waals surface area contributed by atoms with Crippen LogP contribution in [0.5, 0.6) is 5.88 Å². The van der Waals surface area contributed by atoms with E-state index in [-0.39, 0.29) is 11.4 Å². The lowest BCUT2D eigenvalue weighted by atomic mass is 10.1. The topological polar surface area (TPSA) is 102 Å². The number of benzene rings is 1. The molecule has 0 atom stereocenters. The number of alkyl halides is 3. The molecule has 2 N–H and O–H groups in total. The number of hydrogen-bond acceptors (Lipinski definition) is 7. The Hall–Kier alpha value is -4.54. The van der Waals surface area contributed by atoms with Crippen LogP contribution in [0.1, 0.15) is 15.9 Å². The smallest absolute Gasteiger partial charge is 0.422 e. The van der Waals surface area contributed by atoms with E-state index in [4.69, 9.17) is 0 Å². The Bertz CT molecular complexity index is 1320. The molecule has 1 amide bonds. The van der Waals surface area contributed by atoms with Gasteiger partial charge in [-0.15, -0.1) is 0 Å². The van der Waals surface area contributed by atoms with Gasteiger partial charge in [0.1, 0.15) is 0 Å². The highest BCUT2D eigenvalue weighted by Crippen LogP contribution is 2.25. The molecule has 0 saturated heterocycles. The number of rotatable bonds is 7. The van der Waals surface area contributed by atoms with Gasteiger partial charge in [0.15, 0.2) is 6.61 Å². The quantitative estimate of drug-likeness (QED) is 0.376. The minimum absolute atomic E-state index is 0.159. The van der Waals surface area contributed by atoms with E-state index < -0.39 is 18.7 Å². The van der Waals surface area contributed by atoms with Gasteiger partial charge in [-0.3, -0.25) is 9.78 Å². The number of amides is 1. The molecule has 4 aromatic rings. The summed E-state index contributed by atoms with van der Waals surface area (Å²) < 4.78 is 41.3. The molecule has 178 valence electrons. The van der Waals surface area contributed by atoms with E-state index in [2.05, 4.69) is 35.3 Å². The van der Waals surface area contributed by atoms with Gasteiger partial charge >= 0.3 is 6.18 Å². The van der Waals surface area contributed by atoms with Crippen LogP contribution in [0.2, 0.25) is 0 Å². The molecule has 0 spiro atoms. The largest absolute Gasteiger partial charge is 0.468 e. The van der Waals surface area contributed by atoms with Gasteiger partial charge in [0, 0.05) is 47.8 Å². The monoisotopic (exact) mass is 480 g/mol. The first-order valence-corrected chi connectivity index (χ1v) is 10.3. The van der Waals surface area contributed by atoms with E-state index in [1.54, 1.807) is 36.8 Å². The molecule has 0 aliphatic heterocycles. The lowest BCUT2D eigenvalue weighted by Crippen LogP contribution is -2.19. The minimum Gasteiger partial charge on any atom is -0.468 e. The van der Waals surface area contributed by atoms with Gasteiger partial charge < -0.3 is 15.4 Å². The number of aromatic nitrogens is 4. The molecule has 0 aliphatic rings. The van der Waals surface area contributed by atoms with Gasteiger partial charge in [-0.1, -0.05) is 6.07 Å². The summed E-state index contributed by atoms with van der Waals surface area (Å²) in [6, 6.07) is 13.3. The predicted molar refractivity (Wildman–Crippen MR) is 123 cm³/mol. The average Bonchev–Trinajstić information content (AvgIpc) is 2.85. The van der Waals surface area contributed by atoms with Crippen molar-refractivity contribution in [3.63, 3.8) is 0 Å². The van der Waals surface area contributed by atoms with Crippen LogP contribution in [0.25, 0.3) is 11.3 Å². The highest BCUT2D eigenvalue weighted by Gasteiger charge is 2.28. The van der Waals surface area contributed by atoms with Gasteiger partial charge in [-0.2, -0.15) is 13.2 Å². The molecular formula is C24H19F3N6O2. The van der Waals surface area contributed by atoms with Crippen LogP contribution in [0, 0.1) is 6.92 Å². The number of carbonyl (C=O) groups is 1. The number of nitrogens with zero attached hydrogens (tertiary/aromatic N) is 4. The normalized spacial score (nSPS) is 11.1. The molecule has 1 aromatic carbocycles. The van der Waals surface area contributed by atoms with Crippen molar-refractivity contribution < 1.29 is 22.7 Å². The van der Waals surface area contributed by atoms with Crippen LogP contribution < -0.4 is 15.4 Å². The Morgan fingerprint density at radius 1 is 1.03 bits per heavy atom. The number of carbonyl (C=O) groups excluding carboxylic acids is 1. The number of anilines is 3. The van der Waals surface area contributed by atoms with Crippen molar-refractivity contribution in [3.05, 3.63) is 84.4 Å². The van der Waals surface area contributed by atoms with Gasteiger partial charge in [-0.25, -0.2) is 15.0 Å². The second kappa shape index (κ2) is 10.2. The van der Waals surface area contributed by atoms with E-state index >= 15 is 0 Å². The molecule has 8 nitrogen and oxygen atoms in total. The Labute approximate surface area is 198 Å². The molecule has 3 heterocycles. The van der Waals surface area contributed by atoms with Crippen LogP contribution in [-0.2, 0) is 0 Å². The van der Waals surface area contributed by atoms with Crippen LogP contribution >= 0.6 is 0 Å². The van der Waals surface area contributed by atoms with Gasteiger partial charge in [0.05, 0.1) is 11.3 Å². The zero-order chi connectivity index (χ0) is 24.8. The fourth-order valence-electron chi connectivity index (χ4n) is 3.01. The van der Waals surface area contributed by atoms with Crippen LogP contribution in [0.3, 0.4) is 0 Å². The molecule has 0 saturated carbocycles. The second-order valence-electron chi connectivity index (χ2n) is 7.40. The Morgan fingerprint density at radius 2 is 1.89 bits per heavy atom. The lowest BCUT2D eigenvalue weighted by Gasteiger charge is -2.12. The number of halogens is 3. The van der Waals surface area contributed by atoms with E-state index in [1.807, 2.05) is 25.1 Å². The number of pyridine rings is 2. The summed E-state index contributed by atoms with van der Waals surface area (Å²) in [6.07, 6.45) is 1.69. The summed E-state index contributed by atoms with van der Waals surface area (Å²) in [5.74, 6) is -0.338. The minimum atomic E-state index is -4.47. The van der Waals surface area contributed by atoms with Crippen LogP contribution in [-0.4, -0.2) is 38.6 Å². The van der Waals surface area contributed by atoms with Gasteiger partial charge in [-0.05, 0) is 48.9 Å². The maximum Gasteiger partial charge on any atom is 0.422 e.